The van der Waals surface area contributed by atoms with E-state index in [1.165, 1.54) is 24.3 Å². The largest absolute Gasteiger partial charge is 0.288 e. The van der Waals surface area contributed by atoms with Crippen molar-refractivity contribution in [2.75, 3.05) is 0 Å². The van der Waals surface area contributed by atoms with E-state index in [0.29, 0.717) is 4.47 Å². The van der Waals surface area contributed by atoms with Gasteiger partial charge >= 0.3 is 0 Å². The molecule has 2 aromatic carbocycles. The predicted molar refractivity (Wildman–Crippen MR) is 63.8 cm³/mol. The van der Waals surface area contributed by atoms with Crippen molar-refractivity contribution >= 4 is 21.7 Å². The quantitative estimate of drug-likeness (QED) is 0.340. The second-order valence-corrected chi connectivity index (χ2v) is 4.70. The third-order valence-electron chi connectivity index (χ3n) is 2.52. The topological polar surface area (TPSA) is 17.1 Å². The molecule has 104 valence electrons. The summed E-state index contributed by atoms with van der Waals surface area (Å²) in [7, 11) is 0. The number of halogens is 6. The number of rotatable bonds is 2. The minimum atomic E-state index is -2.30. The molecule has 2 aromatic rings. The number of carbonyl (C=O) groups is 1. The van der Waals surface area contributed by atoms with Gasteiger partial charge in [-0.1, -0.05) is 28.1 Å². The second kappa shape index (κ2) is 5.32. The van der Waals surface area contributed by atoms with Crippen LogP contribution in [-0.2, 0) is 0 Å². The molecule has 1 nitrogen and oxygen atoms in total. The summed E-state index contributed by atoms with van der Waals surface area (Å²) < 4.78 is 66.3. The molecule has 0 amide bonds. The maximum Gasteiger partial charge on any atom is 0.200 e. The SMILES string of the molecule is O=C(c1cccc(Br)c1)c1c(F)c(F)c(F)c(F)c1F. The Hall–Kier alpha value is -1.76. The van der Waals surface area contributed by atoms with E-state index in [1.54, 1.807) is 0 Å². The van der Waals surface area contributed by atoms with Gasteiger partial charge in [-0.3, -0.25) is 4.79 Å². The second-order valence-electron chi connectivity index (χ2n) is 3.78. The molecule has 0 heterocycles. The van der Waals surface area contributed by atoms with Crippen LogP contribution in [0.15, 0.2) is 28.7 Å². The molecule has 0 radical (unpaired) electrons. The van der Waals surface area contributed by atoms with Crippen molar-refractivity contribution < 1.29 is 26.7 Å². The first kappa shape index (κ1) is 14.6. The van der Waals surface area contributed by atoms with Gasteiger partial charge in [0.05, 0.1) is 0 Å². The molecular weight excluding hydrogens is 347 g/mol. The van der Waals surface area contributed by atoms with Gasteiger partial charge in [0.1, 0.15) is 5.56 Å². The Balaban J connectivity index is 2.67. The van der Waals surface area contributed by atoms with E-state index in [2.05, 4.69) is 15.9 Å². The highest BCUT2D eigenvalue weighted by atomic mass is 79.9. The van der Waals surface area contributed by atoms with Gasteiger partial charge in [0.25, 0.3) is 0 Å². The molecule has 0 N–H and O–H groups in total. The molecule has 0 atom stereocenters. The van der Waals surface area contributed by atoms with Crippen LogP contribution in [0.2, 0.25) is 0 Å². The summed E-state index contributed by atoms with van der Waals surface area (Å²) >= 11 is 3.03. The summed E-state index contributed by atoms with van der Waals surface area (Å²) in [6, 6.07) is 5.34. The fraction of sp³-hybridized carbons (Fsp3) is 0. The summed E-state index contributed by atoms with van der Waals surface area (Å²) in [5, 5.41) is 0. The maximum atomic E-state index is 13.5. The molecular formula is C13H4BrF5O. The van der Waals surface area contributed by atoms with Crippen LogP contribution in [0, 0.1) is 29.1 Å². The molecule has 0 bridgehead atoms. The first-order valence-electron chi connectivity index (χ1n) is 5.16. The molecule has 0 fully saturated rings. The zero-order valence-electron chi connectivity index (χ0n) is 9.49. The molecule has 0 saturated heterocycles. The van der Waals surface area contributed by atoms with Crippen molar-refractivity contribution in [2.24, 2.45) is 0 Å². The van der Waals surface area contributed by atoms with Gasteiger partial charge in [0.15, 0.2) is 29.1 Å². The fourth-order valence-electron chi connectivity index (χ4n) is 1.58. The van der Waals surface area contributed by atoms with E-state index in [0.717, 1.165) is 0 Å². The molecule has 0 aliphatic carbocycles. The van der Waals surface area contributed by atoms with Gasteiger partial charge in [-0.2, -0.15) is 0 Å². The highest BCUT2D eigenvalue weighted by molar-refractivity contribution is 9.10. The summed E-state index contributed by atoms with van der Waals surface area (Å²) in [5.74, 6) is -12.2. The van der Waals surface area contributed by atoms with Crippen LogP contribution < -0.4 is 0 Å². The molecule has 0 aliphatic rings. The fourth-order valence-corrected chi connectivity index (χ4v) is 1.98. The van der Waals surface area contributed by atoms with E-state index in [-0.39, 0.29) is 5.56 Å². The number of benzene rings is 2. The zero-order valence-corrected chi connectivity index (χ0v) is 11.1. The van der Waals surface area contributed by atoms with Crippen LogP contribution >= 0.6 is 15.9 Å². The molecule has 2 rings (SSSR count). The molecule has 20 heavy (non-hydrogen) atoms. The molecule has 0 aliphatic heterocycles. The van der Waals surface area contributed by atoms with Crippen molar-refractivity contribution in [3.63, 3.8) is 0 Å². The lowest BCUT2D eigenvalue weighted by molar-refractivity contribution is 0.102. The summed E-state index contributed by atoms with van der Waals surface area (Å²) in [6.07, 6.45) is 0. The average molecular weight is 351 g/mol. The molecule has 0 unspecified atom stereocenters. The Morgan fingerprint density at radius 3 is 1.85 bits per heavy atom. The highest BCUT2D eigenvalue weighted by Gasteiger charge is 2.30. The van der Waals surface area contributed by atoms with Crippen molar-refractivity contribution in [3.05, 3.63) is 69.0 Å². The number of hydrogen-bond acceptors (Lipinski definition) is 1. The third-order valence-corrected chi connectivity index (χ3v) is 3.02. The van der Waals surface area contributed by atoms with Crippen LogP contribution in [0.1, 0.15) is 15.9 Å². The Morgan fingerprint density at radius 2 is 1.35 bits per heavy atom. The Morgan fingerprint density at radius 1 is 0.850 bits per heavy atom. The van der Waals surface area contributed by atoms with Gasteiger partial charge in [0, 0.05) is 10.0 Å². The van der Waals surface area contributed by atoms with Crippen molar-refractivity contribution in [2.45, 2.75) is 0 Å². The van der Waals surface area contributed by atoms with Gasteiger partial charge in [-0.15, -0.1) is 0 Å². The normalized spacial score (nSPS) is 10.7. The van der Waals surface area contributed by atoms with Gasteiger partial charge < -0.3 is 0 Å². The summed E-state index contributed by atoms with van der Waals surface area (Å²) in [5.41, 5.74) is -1.68. The lowest BCUT2D eigenvalue weighted by Gasteiger charge is -2.07. The Kier molecular flexibility index (Phi) is 3.89. The van der Waals surface area contributed by atoms with E-state index in [9.17, 15) is 26.7 Å². The molecule has 0 spiro atoms. The van der Waals surface area contributed by atoms with Gasteiger partial charge in [-0.25, -0.2) is 22.0 Å². The van der Waals surface area contributed by atoms with E-state index in [4.69, 9.17) is 0 Å². The van der Waals surface area contributed by atoms with Crippen molar-refractivity contribution in [3.8, 4) is 0 Å². The van der Waals surface area contributed by atoms with Crippen molar-refractivity contribution in [1.82, 2.24) is 0 Å². The average Bonchev–Trinajstić information content (AvgIpc) is 2.43. The van der Waals surface area contributed by atoms with E-state index < -0.39 is 40.4 Å². The number of carbonyl (C=O) groups excluding carboxylic acids is 1. The Bertz CT molecular complexity index is 685. The van der Waals surface area contributed by atoms with Crippen LogP contribution in [0.25, 0.3) is 0 Å². The number of ketones is 1. The molecule has 7 heteroatoms. The highest BCUT2D eigenvalue weighted by Crippen LogP contribution is 2.25. The lowest BCUT2D eigenvalue weighted by Crippen LogP contribution is -2.13. The standard InChI is InChI=1S/C13H4BrF5O/c14-6-3-1-2-5(4-6)13(20)7-8(15)10(17)12(19)11(18)9(7)16/h1-4H. The minimum absolute atomic E-state index is 0.206. The van der Waals surface area contributed by atoms with Crippen LogP contribution in [0.5, 0.6) is 0 Å². The smallest absolute Gasteiger partial charge is 0.200 e. The lowest BCUT2D eigenvalue weighted by atomic mass is 10.0. The van der Waals surface area contributed by atoms with Gasteiger partial charge in [-0.05, 0) is 12.1 Å². The van der Waals surface area contributed by atoms with Crippen LogP contribution in [0.4, 0.5) is 22.0 Å². The number of hydrogen-bond donors (Lipinski definition) is 0. The summed E-state index contributed by atoms with van der Waals surface area (Å²) in [4.78, 5) is 11.9. The van der Waals surface area contributed by atoms with E-state index in [1.807, 2.05) is 0 Å². The van der Waals surface area contributed by atoms with Crippen molar-refractivity contribution in [1.29, 1.82) is 0 Å². The minimum Gasteiger partial charge on any atom is -0.288 e. The monoisotopic (exact) mass is 350 g/mol. The predicted octanol–water partition coefficient (Wildman–Crippen LogP) is 4.38. The maximum absolute atomic E-state index is 13.5. The van der Waals surface area contributed by atoms with Crippen LogP contribution in [-0.4, -0.2) is 5.78 Å². The van der Waals surface area contributed by atoms with Crippen LogP contribution in [0.3, 0.4) is 0 Å². The molecule has 0 aromatic heterocycles. The van der Waals surface area contributed by atoms with Gasteiger partial charge in [0.2, 0.25) is 5.82 Å². The first-order valence-corrected chi connectivity index (χ1v) is 5.95. The first-order chi connectivity index (χ1) is 9.34. The third kappa shape index (κ3) is 2.33. The molecule has 0 saturated carbocycles. The summed E-state index contributed by atoms with van der Waals surface area (Å²) in [6.45, 7) is 0. The zero-order chi connectivity index (χ0) is 15.0. The van der Waals surface area contributed by atoms with E-state index >= 15 is 0 Å². The Labute approximate surface area is 118 Å².